The van der Waals surface area contributed by atoms with Crippen molar-refractivity contribution in [3.05, 3.63) is 0 Å². The van der Waals surface area contributed by atoms with Crippen LogP contribution in [0.5, 0.6) is 0 Å². The number of ether oxygens (including phenoxy) is 1. The lowest BCUT2D eigenvalue weighted by molar-refractivity contribution is 0.154. The summed E-state index contributed by atoms with van der Waals surface area (Å²) in [7, 11) is 0. The largest absolute Gasteiger partial charge is 0.380 e. The Balaban J connectivity index is 1.63. The average molecular weight is 196 g/mol. The summed E-state index contributed by atoms with van der Waals surface area (Å²) in [6.45, 7) is 5.72. The Bertz CT molecular complexity index is 207. The van der Waals surface area contributed by atoms with Crippen molar-refractivity contribution in [2.24, 2.45) is 0 Å². The van der Waals surface area contributed by atoms with Gasteiger partial charge in [-0.1, -0.05) is 0 Å². The van der Waals surface area contributed by atoms with Gasteiger partial charge in [0.15, 0.2) is 0 Å². The summed E-state index contributed by atoms with van der Waals surface area (Å²) in [4.78, 5) is 2.64. The first-order chi connectivity index (χ1) is 6.88. The molecule has 2 atom stereocenters. The number of nitrogens with one attached hydrogen (secondary N) is 1. The molecule has 3 aliphatic rings. The zero-order valence-electron chi connectivity index (χ0n) is 8.80. The highest BCUT2D eigenvalue weighted by Crippen LogP contribution is 2.32. The van der Waals surface area contributed by atoms with E-state index in [1.807, 2.05) is 0 Å². The minimum absolute atomic E-state index is 0.489. The van der Waals surface area contributed by atoms with Crippen molar-refractivity contribution in [2.75, 3.05) is 32.8 Å². The highest BCUT2D eigenvalue weighted by molar-refractivity contribution is 5.02. The summed E-state index contributed by atoms with van der Waals surface area (Å²) in [5, 5.41) is 3.70. The second-order valence-electron chi connectivity index (χ2n) is 5.05. The van der Waals surface area contributed by atoms with Gasteiger partial charge in [-0.25, -0.2) is 0 Å². The normalized spacial score (nSPS) is 44.1. The SMILES string of the molecule is C1CNC2(C1)CCN(C1CCOC1)C2. The van der Waals surface area contributed by atoms with E-state index in [4.69, 9.17) is 4.74 Å². The van der Waals surface area contributed by atoms with E-state index in [-0.39, 0.29) is 0 Å². The van der Waals surface area contributed by atoms with Crippen LogP contribution >= 0.6 is 0 Å². The van der Waals surface area contributed by atoms with Gasteiger partial charge in [-0.15, -0.1) is 0 Å². The van der Waals surface area contributed by atoms with Crippen LogP contribution in [-0.2, 0) is 4.74 Å². The molecule has 0 aromatic heterocycles. The topological polar surface area (TPSA) is 24.5 Å². The van der Waals surface area contributed by atoms with Crippen molar-refractivity contribution in [3.63, 3.8) is 0 Å². The molecule has 0 aromatic carbocycles. The number of hydrogen-bond acceptors (Lipinski definition) is 3. The Morgan fingerprint density at radius 2 is 2.36 bits per heavy atom. The summed E-state index contributed by atoms with van der Waals surface area (Å²) in [5.74, 6) is 0. The standard InChI is InChI=1S/C11H20N2O/c1-3-11(12-5-1)4-6-13(9-11)10-2-7-14-8-10/h10,12H,1-9H2. The predicted octanol–water partition coefficient (Wildman–Crippen LogP) is 0.603. The van der Waals surface area contributed by atoms with Crippen LogP contribution in [0.15, 0.2) is 0 Å². The monoisotopic (exact) mass is 196 g/mol. The molecule has 0 amide bonds. The summed E-state index contributed by atoms with van der Waals surface area (Å²) < 4.78 is 5.46. The molecule has 14 heavy (non-hydrogen) atoms. The molecule has 80 valence electrons. The van der Waals surface area contributed by atoms with Crippen LogP contribution in [0.3, 0.4) is 0 Å². The van der Waals surface area contributed by atoms with Crippen molar-refractivity contribution in [2.45, 2.75) is 37.3 Å². The van der Waals surface area contributed by atoms with E-state index in [1.165, 1.54) is 45.3 Å². The molecule has 1 N–H and O–H groups in total. The van der Waals surface area contributed by atoms with E-state index in [0.717, 1.165) is 19.3 Å². The molecule has 3 nitrogen and oxygen atoms in total. The van der Waals surface area contributed by atoms with Crippen molar-refractivity contribution >= 4 is 0 Å². The molecule has 0 aromatic rings. The molecule has 0 bridgehead atoms. The molecule has 0 saturated carbocycles. The predicted molar refractivity (Wildman–Crippen MR) is 55.4 cm³/mol. The third-order valence-corrected chi connectivity index (χ3v) is 4.14. The second kappa shape index (κ2) is 3.47. The zero-order chi connectivity index (χ0) is 9.43. The summed E-state index contributed by atoms with van der Waals surface area (Å²) in [6.07, 6.45) is 5.35. The Morgan fingerprint density at radius 3 is 3.07 bits per heavy atom. The third-order valence-electron chi connectivity index (χ3n) is 4.14. The molecule has 3 saturated heterocycles. The number of likely N-dealkylation sites (tertiary alicyclic amines) is 1. The minimum Gasteiger partial charge on any atom is -0.380 e. The van der Waals surface area contributed by atoms with Crippen molar-refractivity contribution in [3.8, 4) is 0 Å². The second-order valence-corrected chi connectivity index (χ2v) is 5.05. The van der Waals surface area contributed by atoms with E-state index in [0.29, 0.717) is 5.54 Å². The maximum Gasteiger partial charge on any atom is 0.0622 e. The lowest BCUT2D eigenvalue weighted by Gasteiger charge is -2.27. The molecule has 3 aliphatic heterocycles. The minimum atomic E-state index is 0.489. The maximum atomic E-state index is 5.46. The van der Waals surface area contributed by atoms with Crippen LogP contribution in [0.4, 0.5) is 0 Å². The van der Waals surface area contributed by atoms with Crippen LogP contribution in [0.2, 0.25) is 0 Å². The van der Waals surface area contributed by atoms with Crippen molar-refractivity contribution in [1.82, 2.24) is 10.2 Å². The van der Waals surface area contributed by atoms with Crippen molar-refractivity contribution in [1.29, 1.82) is 0 Å². The number of nitrogens with zero attached hydrogens (tertiary/aromatic N) is 1. The smallest absolute Gasteiger partial charge is 0.0622 e. The first-order valence-corrected chi connectivity index (χ1v) is 5.95. The van der Waals surface area contributed by atoms with Gasteiger partial charge < -0.3 is 10.1 Å². The fourth-order valence-electron chi connectivity index (χ4n) is 3.24. The molecular weight excluding hydrogens is 176 g/mol. The summed E-state index contributed by atoms with van der Waals surface area (Å²) in [5.41, 5.74) is 0.489. The van der Waals surface area contributed by atoms with E-state index >= 15 is 0 Å². The zero-order valence-corrected chi connectivity index (χ0v) is 8.80. The van der Waals surface area contributed by atoms with E-state index in [1.54, 1.807) is 0 Å². The molecule has 0 radical (unpaired) electrons. The molecule has 0 aliphatic carbocycles. The first kappa shape index (κ1) is 9.13. The van der Waals surface area contributed by atoms with Gasteiger partial charge in [0.2, 0.25) is 0 Å². The van der Waals surface area contributed by atoms with E-state index in [9.17, 15) is 0 Å². The van der Waals surface area contributed by atoms with Crippen LogP contribution in [-0.4, -0.2) is 49.3 Å². The fraction of sp³-hybridized carbons (Fsp3) is 1.00. The van der Waals surface area contributed by atoms with Gasteiger partial charge in [0.1, 0.15) is 0 Å². The van der Waals surface area contributed by atoms with Crippen molar-refractivity contribution < 1.29 is 4.74 Å². The van der Waals surface area contributed by atoms with Gasteiger partial charge in [-0.3, -0.25) is 4.90 Å². The Kier molecular flexibility index (Phi) is 2.26. The molecule has 3 heterocycles. The quantitative estimate of drug-likeness (QED) is 0.665. The molecule has 3 heteroatoms. The lowest BCUT2D eigenvalue weighted by Crippen LogP contribution is -2.44. The van der Waals surface area contributed by atoms with Gasteiger partial charge in [0.05, 0.1) is 6.61 Å². The molecule has 3 fully saturated rings. The Hall–Kier alpha value is -0.120. The highest BCUT2D eigenvalue weighted by atomic mass is 16.5. The van der Waals surface area contributed by atoms with Crippen LogP contribution in [0, 0.1) is 0 Å². The lowest BCUT2D eigenvalue weighted by atomic mass is 9.97. The average Bonchev–Trinajstić information content (AvgIpc) is 2.91. The van der Waals surface area contributed by atoms with Crippen LogP contribution in [0.1, 0.15) is 25.7 Å². The van der Waals surface area contributed by atoms with Gasteiger partial charge >= 0.3 is 0 Å². The van der Waals surface area contributed by atoms with Crippen LogP contribution < -0.4 is 5.32 Å². The molecule has 3 rings (SSSR count). The van der Waals surface area contributed by atoms with Gasteiger partial charge in [-0.2, -0.15) is 0 Å². The number of rotatable bonds is 1. The summed E-state index contributed by atoms with van der Waals surface area (Å²) in [6, 6.07) is 0.719. The van der Waals surface area contributed by atoms with E-state index in [2.05, 4.69) is 10.2 Å². The molecule has 2 unspecified atom stereocenters. The Morgan fingerprint density at radius 1 is 1.36 bits per heavy atom. The maximum absolute atomic E-state index is 5.46. The molecular formula is C11H20N2O. The van der Waals surface area contributed by atoms with Gasteiger partial charge in [0, 0.05) is 31.3 Å². The number of hydrogen-bond donors (Lipinski definition) is 1. The fourth-order valence-corrected chi connectivity index (χ4v) is 3.24. The first-order valence-electron chi connectivity index (χ1n) is 5.95. The highest BCUT2D eigenvalue weighted by Gasteiger charge is 2.42. The van der Waals surface area contributed by atoms with Gasteiger partial charge in [0.25, 0.3) is 0 Å². The Labute approximate surface area is 85.8 Å². The van der Waals surface area contributed by atoms with Gasteiger partial charge in [-0.05, 0) is 32.2 Å². The third kappa shape index (κ3) is 1.47. The van der Waals surface area contributed by atoms with E-state index < -0.39 is 0 Å². The van der Waals surface area contributed by atoms with Crippen LogP contribution in [0.25, 0.3) is 0 Å². The summed E-state index contributed by atoms with van der Waals surface area (Å²) >= 11 is 0. The molecule has 1 spiro atoms.